The molecular weight excluding hydrogens is 294 g/mol. The van der Waals surface area contributed by atoms with Crippen molar-refractivity contribution in [2.75, 3.05) is 11.9 Å². The van der Waals surface area contributed by atoms with Crippen molar-refractivity contribution in [3.05, 3.63) is 53.9 Å². The maximum atomic E-state index is 4.54. The standard InChI is InChI=1S/C21H29N3/c1-15(24-20-13-18(14-22-20)21(2,3)4)23-19-11-9-17(10-12-19)8-7-16-5-6-16/h9-13,16,23H,1,5-8,14H2,2-4H3,(H,22,24). The number of rotatable bonds is 6. The van der Waals surface area contributed by atoms with Crippen LogP contribution in [0.5, 0.6) is 0 Å². The Morgan fingerprint density at radius 3 is 2.46 bits per heavy atom. The van der Waals surface area contributed by atoms with E-state index in [1.54, 1.807) is 0 Å². The lowest BCUT2D eigenvalue weighted by molar-refractivity contribution is 0.499. The minimum atomic E-state index is 0.165. The molecular formula is C21H29N3. The van der Waals surface area contributed by atoms with E-state index in [9.17, 15) is 0 Å². The molecule has 0 atom stereocenters. The normalized spacial score (nSPS) is 17.3. The van der Waals surface area contributed by atoms with Crippen LogP contribution in [-0.4, -0.2) is 12.4 Å². The van der Waals surface area contributed by atoms with Gasteiger partial charge in [-0.1, -0.05) is 52.3 Å². The number of nitrogens with one attached hydrogen (secondary N) is 2. The fraction of sp³-hybridized carbons (Fsp3) is 0.476. The maximum absolute atomic E-state index is 4.54. The van der Waals surface area contributed by atoms with Gasteiger partial charge in [-0.05, 0) is 53.5 Å². The lowest BCUT2D eigenvalue weighted by Gasteiger charge is -2.18. The summed E-state index contributed by atoms with van der Waals surface area (Å²) in [4.78, 5) is 4.54. The molecule has 1 aliphatic carbocycles. The number of hydrogen-bond donors (Lipinski definition) is 2. The number of nitrogens with zero attached hydrogens (tertiary/aromatic N) is 1. The molecule has 1 fully saturated rings. The summed E-state index contributed by atoms with van der Waals surface area (Å²) in [5, 5.41) is 6.57. The molecule has 24 heavy (non-hydrogen) atoms. The average Bonchev–Trinajstić information content (AvgIpc) is 3.22. The van der Waals surface area contributed by atoms with Crippen LogP contribution in [0.25, 0.3) is 0 Å². The Morgan fingerprint density at radius 2 is 1.88 bits per heavy atom. The summed E-state index contributed by atoms with van der Waals surface area (Å²) in [5.41, 5.74) is 3.99. The highest BCUT2D eigenvalue weighted by Gasteiger charge is 2.21. The Kier molecular flexibility index (Phi) is 4.79. The molecule has 3 rings (SSSR count). The first-order valence-electron chi connectivity index (χ1n) is 8.97. The summed E-state index contributed by atoms with van der Waals surface area (Å²) in [7, 11) is 0. The minimum absolute atomic E-state index is 0.165. The molecule has 2 N–H and O–H groups in total. The second kappa shape index (κ2) is 6.84. The van der Waals surface area contributed by atoms with Crippen LogP contribution in [-0.2, 0) is 6.42 Å². The highest BCUT2D eigenvalue weighted by molar-refractivity contribution is 5.97. The van der Waals surface area contributed by atoms with Crippen LogP contribution in [0.4, 0.5) is 5.69 Å². The molecule has 1 aromatic rings. The van der Waals surface area contributed by atoms with Gasteiger partial charge in [-0.15, -0.1) is 0 Å². The van der Waals surface area contributed by atoms with E-state index in [-0.39, 0.29) is 5.41 Å². The van der Waals surface area contributed by atoms with Gasteiger partial charge in [-0.2, -0.15) is 0 Å². The molecule has 0 aromatic heterocycles. The van der Waals surface area contributed by atoms with Crippen molar-refractivity contribution >= 4 is 11.5 Å². The summed E-state index contributed by atoms with van der Waals surface area (Å²) in [6.07, 6.45) is 7.53. The molecule has 0 spiro atoms. The van der Waals surface area contributed by atoms with Gasteiger partial charge in [0.1, 0.15) is 11.7 Å². The van der Waals surface area contributed by atoms with Gasteiger partial charge in [-0.25, -0.2) is 0 Å². The minimum Gasteiger partial charge on any atom is -0.342 e. The van der Waals surface area contributed by atoms with Crippen molar-refractivity contribution < 1.29 is 0 Å². The van der Waals surface area contributed by atoms with E-state index in [4.69, 9.17) is 0 Å². The van der Waals surface area contributed by atoms with Gasteiger partial charge in [0.05, 0.1) is 6.54 Å². The molecule has 0 unspecified atom stereocenters. The zero-order valence-corrected chi connectivity index (χ0v) is 15.2. The second-order valence-corrected chi connectivity index (χ2v) is 8.03. The SMILES string of the molecule is C=C(NC1=NCC(C(C)(C)C)=C1)Nc1ccc(CCC2CC2)cc1. The summed E-state index contributed by atoms with van der Waals surface area (Å²) in [6.45, 7) is 11.5. The quantitative estimate of drug-likeness (QED) is 0.782. The van der Waals surface area contributed by atoms with Gasteiger partial charge < -0.3 is 10.6 Å². The van der Waals surface area contributed by atoms with E-state index < -0.39 is 0 Å². The third kappa shape index (κ3) is 4.73. The predicted octanol–water partition coefficient (Wildman–Crippen LogP) is 4.89. The highest BCUT2D eigenvalue weighted by Crippen LogP contribution is 2.33. The Labute approximate surface area is 146 Å². The Bertz CT molecular complexity index is 655. The third-order valence-corrected chi connectivity index (χ3v) is 4.76. The lowest BCUT2D eigenvalue weighted by Crippen LogP contribution is -2.24. The number of anilines is 1. The molecule has 0 amide bonds. The van der Waals surface area contributed by atoms with E-state index in [0.29, 0.717) is 0 Å². The van der Waals surface area contributed by atoms with Gasteiger partial charge in [-0.3, -0.25) is 4.99 Å². The fourth-order valence-corrected chi connectivity index (χ4v) is 2.85. The van der Waals surface area contributed by atoms with Crippen LogP contribution >= 0.6 is 0 Å². The molecule has 0 saturated heterocycles. The van der Waals surface area contributed by atoms with Crippen molar-refractivity contribution in [3.8, 4) is 0 Å². The molecule has 2 aliphatic rings. The van der Waals surface area contributed by atoms with Crippen molar-refractivity contribution in [2.45, 2.75) is 46.5 Å². The lowest BCUT2D eigenvalue weighted by atomic mass is 9.87. The van der Waals surface area contributed by atoms with Crippen LogP contribution in [0.1, 0.15) is 45.6 Å². The zero-order valence-electron chi connectivity index (χ0n) is 15.2. The average molecular weight is 323 g/mol. The number of amidine groups is 1. The topological polar surface area (TPSA) is 36.4 Å². The molecule has 1 aromatic carbocycles. The first-order chi connectivity index (χ1) is 11.4. The molecule has 0 radical (unpaired) electrons. The highest BCUT2D eigenvalue weighted by atomic mass is 15.1. The monoisotopic (exact) mass is 323 g/mol. The van der Waals surface area contributed by atoms with Crippen molar-refractivity contribution in [1.82, 2.24) is 5.32 Å². The fourth-order valence-electron chi connectivity index (χ4n) is 2.85. The second-order valence-electron chi connectivity index (χ2n) is 8.03. The van der Waals surface area contributed by atoms with Gasteiger partial charge in [0.25, 0.3) is 0 Å². The number of aryl methyl sites for hydroxylation is 1. The molecule has 1 heterocycles. The predicted molar refractivity (Wildman–Crippen MR) is 103 cm³/mol. The van der Waals surface area contributed by atoms with Crippen LogP contribution in [0, 0.1) is 11.3 Å². The van der Waals surface area contributed by atoms with Gasteiger partial charge in [0.15, 0.2) is 0 Å². The third-order valence-electron chi connectivity index (χ3n) is 4.76. The Morgan fingerprint density at radius 1 is 1.17 bits per heavy atom. The van der Waals surface area contributed by atoms with E-state index in [2.05, 4.69) is 73.3 Å². The largest absolute Gasteiger partial charge is 0.342 e. The smallest absolute Gasteiger partial charge is 0.126 e. The van der Waals surface area contributed by atoms with E-state index >= 15 is 0 Å². The molecule has 128 valence electrons. The van der Waals surface area contributed by atoms with Crippen LogP contribution < -0.4 is 10.6 Å². The van der Waals surface area contributed by atoms with Crippen molar-refractivity contribution in [1.29, 1.82) is 0 Å². The first-order valence-corrected chi connectivity index (χ1v) is 8.97. The summed E-state index contributed by atoms with van der Waals surface area (Å²) < 4.78 is 0. The summed E-state index contributed by atoms with van der Waals surface area (Å²) >= 11 is 0. The molecule has 3 heteroatoms. The van der Waals surface area contributed by atoms with E-state index in [1.165, 1.54) is 36.8 Å². The Hall–Kier alpha value is -2.03. The zero-order chi connectivity index (χ0) is 17.2. The summed E-state index contributed by atoms with van der Waals surface area (Å²) in [6, 6.07) is 8.68. The van der Waals surface area contributed by atoms with Crippen LogP contribution in [0.3, 0.4) is 0 Å². The van der Waals surface area contributed by atoms with E-state index in [1.807, 2.05) is 0 Å². The number of aliphatic imine (C=N–C) groups is 1. The molecule has 0 bridgehead atoms. The Balaban J connectivity index is 1.49. The van der Waals surface area contributed by atoms with Crippen LogP contribution in [0.2, 0.25) is 0 Å². The van der Waals surface area contributed by atoms with Gasteiger partial charge >= 0.3 is 0 Å². The molecule has 1 saturated carbocycles. The van der Waals surface area contributed by atoms with E-state index in [0.717, 1.165) is 29.8 Å². The number of benzene rings is 1. The first kappa shape index (κ1) is 16.8. The van der Waals surface area contributed by atoms with Gasteiger partial charge in [0, 0.05) is 5.69 Å². The van der Waals surface area contributed by atoms with Gasteiger partial charge in [0.2, 0.25) is 0 Å². The summed E-state index contributed by atoms with van der Waals surface area (Å²) in [5.74, 6) is 2.63. The van der Waals surface area contributed by atoms with Crippen molar-refractivity contribution in [3.63, 3.8) is 0 Å². The van der Waals surface area contributed by atoms with Crippen molar-refractivity contribution in [2.24, 2.45) is 16.3 Å². The maximum Gasteiger partial charge on any atom is 0.126 e. The van der Waals surface area contributed by atoms with Crippen LogP contribution in [0.15, 0.2) is 53.3 Å². The molecule has 1 aliphatic heterocycles. The molecule has 3 nitrogen and oxygen atoms in total. The number of hydrogen-bond acceptors (Lipinski definition) is 3.